The van der Waals surface area contributed by atoms with Crippen LogP contribution in [0.4, 0.5) is 5.69 Å². The molecule has 1 aliphatic heterocycles. The summed E-state index contributed by atoms with van der Waals surface area (Å²) in [6.45, 7) is 0.697. The SMILES string of the molecule is N#CC1OC(=O)c2cc3cc(CNc4ccccc4)ccc3cc21. The molecule has 0 radical (unpaired) electrons. The van der Waals surface area contributed by atoms with Gasteiger partial charge < -0.3 is 10.1 Å². The van der Waals surface area contributed by atoms with Crippen molar-refractivity contribution in [3.8, 4) is 6.07 Å². The molecule has 0 saturated heterocycles. The van der Waals surface area contributed by atoms with Crippen LogP contribution in [0.1, 0.15) is 27.6 Å². The highest BCUT2D eigenvalue weighted by molar-refractivity contribution is 6.00. The van der Waals surface area contributed by atoms with Gasteiger partial charge in [0.25, 0.3) is 0 Å². The Labute approximate surface area is 139 Å². The zero-order valence-corrected chi connectivity index (χ0v) is 12.8. The zero-order valence-electron chi connectivity index (χ0n) is 12.8. The van der Waals surface area contributed by atoms with Crippen LogP contribution < -0.4 is 5.32 Å². The molecule has 0 spiro atoms. The standard InChI is InChI=1S/C20H14N2O2/c21-11-19-17-9-14-7-6-13(12-22-16-4-2-1-3-5-16)8-15(14)10-18(17)20(23)24-19/h1-10,19,22H,12H2. The molecule has 4 nitrogen and oxygen atoms in total. The van der Waals surface area contributed by atoms with Gasteiger partial charge in [0.05, 0.1) is 5.56 Å². The lowest BCUT2D eigenvalue weighted by Gasteiger charge is -2.08. The van der Waals surface area contributed by atoms with Crippen molar-refractivity contribution in [2.75, 3.05) is 5.32 Å². The Morgan fingerprint density at radius 3 is 2.67 bits per heavy atom. The topological polar surface area (TPSA) is 62.1 Å². The van der Waals surface area contributed by atoms with Gasteiger partial charge in [0, 0.05) is 17.8 Å². The van der Waals surface area contributed by atoms with Crippen LogP contribution in [0.2, 0.25) is 0 Å². The maximum atomic E-state index is 11.9. The van der Waals surface area contributed by atoms with Crippen molar-refractivity contribution in [1.82, 2.24) is 0 Å². The van der Waals surface area contributed by atoms with Crippen LogP contribution in [0.3, 0.4) is 0 Å². The molecule has 0 aliphatic carbocycles. The molecule has 1 unspecified atom stereocenters. The number of rotatable bonds is 3. The number of carbonyl (C=O) groups is 1. The fraction of sp³-hybridized carbons (Fsp3) is 0.100. The number of hydrogen-bond donors (Lipinski definition) is 1. The van der Waals surface area contributed by atoms with E-state index in [2.05, 4.69) is 11.4 Å². The smallest absolute Gasteiger partial charge is 0.340 e. The Hall–Kier alpha value is -3.32. The van der Waals surface area contributed by atoms with Gasteiger partial charge in [-0.25, -0.2) is 4.79 Å². The van der Waals surface area contributed by atoms with E-state index < -0.39 is 12.1 Å². The number of ether oxygens (including phenoxy) is 1. The van der Waals surface area contributed by atoms with Crippen molar-refractivity contribution >= 4 is 22.4 Å². The van der Waals surface area contributed by atoms with E-state index in [4.69, 9.17) is 10.00 Å². The highest BCUT2D eigenvalue weighted by atomic mass is 16.5. The molecule has 4 heteroatoms. The number of nitriles is 1. The highest BCUT2D eigenvalue weighted by Gasteiger charge is 2.31. The predicted molar refractivity (Wildman–Crippen MR) is 91.5 cm³/mol. The molecule has 0 amide bonds. The summed E-state index contributed by atoms with van der Waals surface area (Å²) in [7, 11) is 0. The van der Waals surface area contributed by atoms with Gasteiger partial charge in [0.1, 0.15) is 6.07 Å². The van der Waals surface area contributed by atoms with Crippen molar-refractivity contribution < 1.29 is 9.53 Å². The fourth-order valence-corrected chi connectivity index (χ4v) is 2.96. The molecular weight excluding hydrogens is 300 g/mol. The maximum absolute atomic E-state index is 11.9. The van der Waals surface area contributed by atoms with Crippen molar-refractivity contribution in [3.05, 3.63) is 77.4 Å². The minimum Gasteiger partial charge on any atom is -0.438 e. The number of hydrogen-bond acceptors (Lipinski definition) is 4. The number of para-hydroxylation sites is 1. The van der Waals surface area contributed by atoms with E-state index in [9.17, 15) is 4.79 Å². The van der Waals surface area contributed by atoms with Crippen LogP contribution in [0.25, 0.3) is 10.8 Å². The number of nitrogens with zero attached hydrogens (tertiary/aromatic N) is 1. The molecular formula is C20H14N2O2. The quantitative estimate of drug-likeness (QED) is 0.736. The van der Waals surface area contributed by atoms with E-state index in [1.807, 2.05) is 60.7 Å². The first-order valence-corrected chi connectivity index (χ1v) is 7.71. The van der Waals surface area contributed by atoms with Crippen LogP contribution in [-0.4, -0.2) is 5.97 Å². The van der Waals surface area contributed by atoms with Gasteiger partial charge in [-0.1, -0.05) is 30.3 Å². The minimum absolute atomic E-state index is 0.425. The Kier molecular flexibility index (Phi) is 3.40. The van der Waals surface area contributed by atoms with Crippen LogP contribution in [0.15, 0.2) is 60.7 Å². The van der Waals surface area contributed by atoms with Gasteiger partial charge in [-0.3, -0.25) is 0 Å². The molecule has 116 valence electrons. The minimum atomic E-state index is -0.795. The number of carbonyl (C=O) groups excluding carboxylic acids is 1. The average molecular weight is 314 g/mol. The van der Waals surface area contributed by atoms with E-state index in [1.54, 1.807) is 0 Å². The Morgan fingerprint density at radius 1 is 1.04 bits per heavy atom. The first-order chi connectivity index (χ1) is 11.7. The first kappa shape index (κ1) is 14.3. The van der Waals surface area contributed by atoms with Crippen molar-refractivity contribution in [3.63, 3.8) is 0 Å². The monoisotopic (exact) mass is 314 g/mol. The van der Waals surface area contributed by atoms with Gasteiger partial charge in [-0.15, -0.1) is 0 Å². The number of esters is 1. The van der Waals surface area contributed by atoms with Crippen LogP contribution in [0.5, 0.6) is 0 Å². The lowest BCUT2D eigenvalue weighted by atomic mass is 9.98. The summed E-state index contributed by atoms with van der Waals surface area (Å²) < 4.78 is 5.08. The zero-order chi connectivity index (χ0) is 16.5. The third-order valence-electron chi connectivity index (χ3n) is 4.19. The summed E-state index contributed by atoms with van der Waals surface area (Å²) in [6, 6.07) is 21.8. The van der Waals surface area contributed by atoms with Crippen molar-refractivity contribution in [2.45, 2.75) is 12.6 Å². The second-order valence-electron chi connectivity index (χ2n) is 5.75. The van der Waals surface area contributed by atoms with E-state index in [0.29, 0.717) is 17.7 Å². The van der Waals surface area contributed by atoms with E-state index in [-0.39, 0.29) is 0 Å². The second-order valence-corrected chi connectivity index (χ2v) is 5.75. The van der Waals surface area contributed by atoms with E-state index in [0.717, 1.165) is 22.0 Å². The lowest BCUT2D eigenvalue weighted by molar-refractivity contribution is 0.0478. The molecule has 4 rings (SSSR count). The summed E-state index contributed by atoms with van der Waals surface area (Å²) >= 11 is 0. The molecule has 0 saturated carbocycles. The van der Waals surface area contributed by atoms with Crippen LogP contribution >= 0.6 is 0 Å². The maximum Gasteiger partial charge on any atom is 0.340 e. The molecule has 1 heterocycles. The molecule has 3 aromatic rings. The highest BCUT2D eigenvalue weighted by Crippen LogP contribution is 2.33. The Morgan fingerprint density at radius 2 is 1.88 bits per heavy atom. The second kappa shape index (κ2) is 5.71. The van der Waals surface area contributed by atoms with E-state index in [1.165, 1.54) is 0 Å². The van der Waals surface area contributed by atoms with Crippen LogP contribution in [-0.2, 0) is 11.3 Å². The van der Waals surface area contributed by atoms with Crippen molar-refractivity contribution in [2.24, 2.45) is 0 Å². The summed E-state index contributed by atoms with van der Waals surface area (Å²) in [5.41, 5.74) is 3.33. The van der Waals surface area contributed by atoms with Crippen molar-refractivity contribution in [1.29, 1.82) is 5.26 Å². The molecule has 1 atom stereocenters. The number of nitrogens with one attached hydrogen (secondary N) is 1. The van der Waals surface area contributed by atoms with Gasteiger partial charge in [-0.05, 0) is 46.7 Å². The van der Waals surface area contributed by atoms with Crippen LogP contribution in [0, 0.1) is 11.3 Å². The third kappa shape index (κ3) is 2.46. The summed E-state index contributed by atoms with van der Waals surface area (Å²) in [4.78, 5) is 11.9. The predicted octanol–water partition coefficient (Wildman–Crippen LogP) is 4.19. The summed E-state index contributed by atoms with van der Waals surface area (Å²) in [5.74, 6) is -0.425. The Balaban J connectivity index is 1.65. The first-order valence-electron chi connectivity index (χ1n) is 7.71. The average Bonchev–Trinajstić information content (AvgIpc) is 2.94. The van der Waals surface area contributed by atoms with Gasteiger partial charge in [-0.2, -0.15) is 5.26 Å². The summed E-state index contributed by atoms with van der Waals surface area (Å²) in [5, 5.41) is 14.4. The van der Waals surface area contributed by atoms with Gasteiger partial charge in [0.2, 0.25) is 6.10 Å². The lowest BCUT2D eigenvalue weighted by Crippen LogP contribution is -1.99. The van der Waals surface area contributed by atoms with E-state index >= 15 is 0 Å². The van der Waals surface area contributed by atoms with Gasteiger partial charge >= 0.3 is 5.97 Å². The molecule has 24 heavy (non-hydrogen) atoms. The summed E-state index contributed by atoms with van der Waals surface area (Å²) in [6.07, 6.45) is -0.795. The largest absolute Gasteiger partial charge is 0.438 e. The molecule has 1 N–H and O–H groups in total. The molecule has 0 bridgehead atoms. The molecule has 0 fully saturated rings. The molecule has 0 aromatic heterocycles. The molecule has 3 aromatic carbocycles. The fourth-order valence-electron chi connectivity index (χ4n) is 2.96. The number of cyclic esters (lactones) is 1. The number of benzene rings is 3. The number of anilines is 1. The normalized spacial score (nSPS) is 15.6. The Bertz CT molecular complexity index is 974. The molecule has 1 aliphatic rings. The third-order valence-corrected chi connectivity index (χ3v) is 4.19. The van der Waals surface area contributed by atoms with Gasteiger partial charge in [0.15, 0.2) is 0 Å². The number of fused-ring (bicyclic) bond motifs is 2.